The van der Waals surface area contributed by atoms with E-state index in [1.807, 2.05) is 14.1 Å². The van der Waals surface area contributed by atoms with E-state index in [4.69, 9.17) is 0 Å². The molecule has 1 heterocycles. The van der Waals surface area contributed by atoms with Gasteiger partial charge < -0.3 is 10.2 Å². The monoisotopic (exact) mass is 283 g/mol. The Labute approximate surface area is 119 Å². The number of nitrogens with zero attached hydrogens (tertiary/aromatic N) is 2. The van der Waals surface area contributed by atoms with Crippen molar-refractivity contribution in [3.63, 3.8) is 0 Å². The molecule has 1 saturated heterocycles. The maximum absolute atomic E-state index is 14.4. The highest BCUT2D eigenvalue weighted by Gasteiger charge is 2.33. The molecule has 112 valence electrons. The molecule has 2 atom stereocenters. The summed E-state index contributed by atoms with van der Waals surface area (Å²) >= 11 is 0. The lowest BCUT2D eigenvalue weighted by atomic mass is 9.94. The van der Waals surface area contributed by atoms with Crippen molar-refractivity contribution in [3.8, 4) is 0 Å². The summed E-state index contributed by atoms with van der Waals surface area (Å²) in [5, 5.41) is 3.10. The fourth-order valence-corrected chi connectivity index (χ4v) is 2.90. The molecule has 0 aliphatic carbocycles. The van der Waals surface area contributed by atoms with Crippen LogP contribution < -0.4 is 5.32 Å². The summed E-state index contributed by atoms with van der Waals surface area (Å²) in [7, 11) is 5.80. The van der Waals surface area contributed by atoms with Gasteiger partial charge in [-0.3, -0.25) is 4.90 Å². The second-order valence-electron chi connectivity index (χ2n) is 5.67. The van der Waals surface area contributed by atoms with Crippen LogP contribution in [0.25, 0.3) is 0 Å². The van der Waals surface area contributed by atoms with Crippen LogP contribution >= 0.6 is 0 Å². The highest BCUT2D eigenvalue weighted by Crippen LogP contribution is 2.28. The molecule has 2 rings (SSSR count). The SMILES string of the molecule is CNC(c1c(F)ccc(C)c1F)C1CN(C)CCN1C. The molecule has 3 nitrogen and oxygen atoms in total. The summed E-state index contributed by atoms with van der Waals surface area (Å²) in [5.41, 5.74) is 0.633. The van der Waals surface area contributed by atoms with Gasteiger partial charge in [-0.05, 0) is 39.7 Å². The average molecular weight is 283 g/mol. The molecule has 0 radical (unpaired) electrons. The normalized spacial score (nSPS) is 23.0. The van der Waals surface area contributed by atoms with E-state index in [-0.39, 0.29) is 17.6 Å². The van der Waals surface area contributed by atoms with Crippen molar-refractivity contribution < 1.29 is 8.78 Å². The number of piperazine rings is 1. The van der Waals surface area contributed by atoms with E-state index in [1.54, 1.807) is 14.0 Å². The summed E-state index contributed by atoms with van der Waals surface area (Å²) < 4.78 is 28.5. The third-order valence-corrected chi connectivity index (χ3v) is 4.23. The molecule has 5 heteroatoms. The van der Waals surface area contributed by atoms with Crippen LogP contribution in [0.15, 0.2) is 12.1 Å². The molecule has 20 heavy (non-hydrogen) atoms. The Balaban J connectivity index is 2.39. The predicted molar refractivity (Wildman–Crippen MR) is 76.8 cm³/mol. The zero-order chi connectivity index (χ0) is 14.9. The minimum Gasteiger partial charge on any atom is -0.311 e. The van der Waals surface area contributed by atoms with Crippen molar-refractivity contribution >= 4 is 0 Å². The summed E-state index contributed by atoms with van der Waals surface area (Å²) in [5.74, 6) is -0.917. The van der Waals surface area contributed by atoms with Crippen molar-refractivity contribution in [2.45, 2.75) is 19.0 Å². The van der Waals surface area contributed by atoms with Crippen molar-refractivity contribution in [2.24, 2.45) is 0 Å². The van der Waals surface area contributed by atoms with Crippen molar-refractivity contribution in [2.75, 3.05) is 40.8 Å². The zero-order valence-electron chi connectivity index (χ0n) is 12.6. The van der Waals surface area contributed by atoms with E-state index in [0.29, 0.717) is 5.56 Å². The Kier molecular flexibility index (Phi) is 4.73. The fraction of sp³-hybridized carbons (Fsp3) is 0.600. The van der Waals surface area contributed by atoms with E-state index in [9.17, 15) is 8.78 Å². The molecule has 0 bridgehead atoms. The van der Waals surface area contributed by atoms with Gasteiger partial charge in [0, 0.05) is 31.2 Å². The molecule has 0 spiro atoms. The number of rotatable bonds is 3. The molecule has 0 amide bonds. The van der Waals surface area contributed by atoms with Crippen LogP contribution in [0.3, 0.4) is 0 Å². The highest BCUT2D eigenvalue weighted by molar-refractivity contribution is 5.30. The Morgan fingerprint density at radius 1 is 1.25 bits per heavy atom. The van der Waals surface area contributed by atoms with Gasteiger partial charge in [-0.1, -0.05) is 6.07 Å². The van der Waals surface area contributed by atoms with Crippen LogP contribution in [0.4, 0.5) is 8.78 Å². The molecule has 1 aliphatic rings. The van der Waals surface area contributed by atoms with E-state index in [0.717, 1.165) is 19.6 Å². The van der Waals surface area contributed by atoms with E-state index >= 15 is 0 Å². The molecule has 1 aromatic carbocycles. The van der Waals surface area contributed by atoms with E-state index < -0.39 is 11.6 Å². The van der Waals surface area contributed by atoms with Crippen molar-refractivity contribution in [1.82, 2.24) is 15.1 Å². The van der Waals surface area contributed by atoms with Gasteiger partial charge in [0.15, 0.2) is 0 Å². The second-order valence-corrected chi connectivity index (χ2v) is 5.67. The minimum absolute atomic E-state index is 0.0459. The van der Waals surface area contributed by atoms with Crippen LogP contribution in [-0.2, 0) is 0 Å². The van der Waals surface area contributed by atoms with Crippen molar-refractivity contribution in [1.29, 1.82) is 0 Å². The Hall–Kier alpha value is -1.04. The molecule has 1 aromatic rings. The first-order valence-electron chi connectivity index (χ1n) is 6.96. The lowest BCUT2D eigenvalue weighted by Gasteiger charge is -2.42. The topological polar surface area (TPSA) is 18.5 Å². The van der Waals surface area contributed by atoms with Gasteiger partial charge >= 0.3 is 0 Å². The van der Waals surface area contributed by atoms with Gasteiger partial charge in [-0.2, -0.15) is 0 Å². The van der Waals surface area contributed by atoms with Gasteiger partial charge in [0.2, 0.25) is 0 Å². The molecular weight excluding hydrogens is 260 g/mol. The number of halogens is 2. The zero-order valence-corrected chi connectivity index (χ0v) is 12.6. The van der Waals surface area contributed by atoms with Gasteiger partial charge in [0.05, 0.1) is 6.04 Å². The smallest absolute Gasteiger partial charge is 0.133 e. The molecule has 1 aliphatic heterocycles. The first-order valence-corrected chi connectivity index (χ1v) is 6.96. The maximum Gasteiger partial charge on any atom is 0.133 e. The van der Waals surface area contributed by atoms with E-state index in [1.165, 1.54) is 12.1 Å². The number of aryl methyl sites for hydroxylation is 1. The summed E-state index contributed by atoms with van der Waals surface area (Å²) in [6.45, 7) is 4.33. The number of benzene rings is 1. The second kappa shape index (κ2) is 6.16. The van der Waals surface area contributed by atoms with Crippen LogP contribution in [0.5, 0.6) is 0 Å². The molecule has 0 saturated carbocycles. The van der Waals surface area contributed by atoms with Crippen LogP contribution in [-0.4, -0.2) is 56.6 Å². The maximum atomic E-state index is 14.4. The number of likely N-dealkylation sites (N-methyl/N-ethyl adjacent to an activating group) is 3. The van der Waals surface area contributed by atoms with Crippen LogP contribution in [0, 0.1) is 18.6 Å². The van der Waals surface area contributed by atoms with Gasteiger partial charge in [-0.15, -0.1) is 0 Å². The molecule has 1 fully saturated rings. The number of hydrogen-bond acceptors (Lipinski definition) is 3. The van der Waals surface area contributed by atoms with Gasteiger partial charge in [0.25, 0.3) is 0 Å². The standard InChI is InChI=1S/C15H23F2N3/c1-10-5-6-11(16)13(14(10)17)15(18-2)12-9-19(3)7-8-20(12)4/h5-6,12,15,18H,7-9H2,1-4H3. The quantitative estimate of drug-likeness (QED) is 0.912. The highest BCUT2D eigenvalue weighted by atomic mass is 19.1. The van der Waals surface area contributed by atoms with Crippen LogP contribution in [0.2, 0.25) is 0 Å². The minimum atomic E-state index is -0.478. The summed E-state index contributed by atoms with van der Waals surface area (Å²) in [4.78, 5) is 4.36. The first-order chi connectivity index (χ1) is 9.45. The third kappa shape index (κ3) is 2.85. The molecular formula is C15H23F2N3. The molecule has 1 N–H and O–H groups in total. The summed E-state index contributed by atoms with van der Waals surface area (Å²) in [6.07, 6.45) is 0. The molecule has 0 aromatic heterocycles. The Bertz CT molecular complexity index is 478. The number of hydrogen-bond donors (Lipinski definition) is 1. The largest absolute Gasteiger partial charge is 0.311 e. The number of nitrogens with one attached hydrogen (secondary N) is 1. The van der Waals surface area contributed by atoms with Gasteiger partial charge in [0.1, 0.15) is 11.6 Å². The van der Waals surface area contributed by atoms with Crippen molar-refractivity contribution in [3.05, 3.63) is 34.9 Å². The van der Waals surface area contributed by atoms with Crippen LogP contribution in [0.1, 0.15) is 17.2 Å². The van der Waals surface area contributed by atoms with Gasteiger partial charge in [-0.25, -0.2) is 8.78 Å². The lowest BCUT2D eigenvalue weighted by Crippen LogP contribution is -2.55. The Morgan fingerprint density at radius 3 is 2.60 bits per heavy atom. The lowest BCUT2D eigenvalue weighted by molar-refractivity contribution is 0.0877. The fourth-order valence-electron chi connectivity index (χ4n) is 2.90. The van der Waals surface area contributed by atoms with E-state index in [2.05, 4.69) is 15.1 Å². The molecule has 2 unspecified atom stereocenters. The summed E-state index contributed by atoms with van der Waals surface area (Å²) in [6, 6.07) is 2.52. The first kappa shape index (κ1) is 15.4. The third-order valence-electron chi connectivity index (χ3n) is 4.23. The Morgan fingerprint density at radius 2 is 1.95 bits per heavy atom. The predicted octanol–water partition coefficient (Wildman–Crippen LogP) is 1.78. The average Bonchev–Trinajstić information content (AvgIpc) is 2.42.